The van der Waals surface area contributed by atoms with E-state index in [0.717, 1.165) is 33.7 Å². The Balaban J connectivity index is 1.57. The third kappa shape index (κ3) is 4.76. The monoisotopic (exact) mass is 452 g/mol. The standard InChI is InChI=1S/C20H22Br2O2/c21-17-9-3-5-11-19(17)23-13-15-7-1-2-8-16(15)14-24-20-12-6-4-10-18(20)22/h3-6,9-12,15-16H,1-2,7-8,13-14H2/t15-,16-/m1/s1. The van der Waals surface area contributed by atoms with Gasteiger partial charge < -0.3 is 9.47 Å². The maximum atomic E-state index is 6.07. The molecule has 3 rings (SSSR count). The van der Waals surface area contributed by atoms with Gasteiger partial charge in [-0.3, -0.25) is 0 Å². The Bertz CT molecular complexity index is 602. The molecule has 24 heavy (non-hydrogen) atoms. The Hall–Kier alpha value is -1.000. The molecule has 1 aliphatic carbocycles. The van der Waals surface area contributed by atoms with E-state index < -0.39 is 0 Å². The van der Waals surface area contributed by atoms with Crippen molar-refractivity contribution in [3.05, 3.63) is 57.5 Å². The van der Waals surface area contributed by atoms with E-state index in [1.54, 1.807) is 0 Å². The highest BCUT2D eigenvalue weighted by molar-refractivity contribution is 9.10. The second kappa shape index (κ2) is 8.91. The van der Waals surface area contributed by atoms with Crippen molar-refractivity contribution in [2.75, 3.05) is 13.2 Å². The van der Waals surface area contributed by atoms with Gasteiger partial charge in [0.25, 0.3) is 0 Å². The minimum absolute atomic E-state index is 0.549. The molecule has 0 amide bonds. The van der Waals surface area contributed by atoms with Crippen LogP contribution in [0.5, 0.6) is 11.5 Å². The predicted molar refractivity (Wildman–Crippen MR) is 105 cm³/mol. The van der Waals surface area contributed by atoms with Crippen LogP contribution in [0.15, 0.2) is 57.5 Å². The van der Waals surface area contributed by atoms with Crippen LogP contribution in [0.3, 0.4) is 0 Å². The Morgan fingerprint density at radius 2 is 1.12 bits per heavy atom. The molecule has 2 atom stereocenters. The third-order valence-electron chi connectivity index (χ3n) is 4.65. The van der Waals surface area contributed by atoms with Crippen LogP contribution in [0, 0.1) is 11.8 Å². The van der Waals surface area contributed by atoms with Crippen molar-refractivity contribution in [3.8, 4) is 11.5 Å². The number of ether oxygens (including phenoxy) is 2. The van der Waals surface area contributed by atoms with E-state index in [2.05, 4.69) is 31.9 Å². The zero-order chi connectivity index (χ0) is 16.8. The molecule has 0 unspecified atom stereocenters. The summed E-state index contributed by atoms with van der Waals surface area (Å²) in [6.45, 7) is 1.51. The van der Waals surface area contributed by atoms with Crippen LogP contribution in [0.4, 0.5) is 0 Å². The minimum Gasteiger partial charge on any atom is -0.492 e. The van der Waals surface area contributed by atoms with E-state index in [9.17, 15) is 0 Å². The van der Waals surface area contributed by atoms with Gasteiger partial charge in [-0.15, -0.1) is 0 Å². The van der Waals surface area contributed by atoms with Crippen LogP contribution in [0.25, 0.3) is 0 Å². The van der Waals surface area contributed by atoms with Crippen molar-refractivity contribution in [2.45, 2.75) is 25.7 Å². The molecule has 1 saturated carbocycles. The predicted octanol–water partition coefficient (Wildman–Crippen LogP) is 6.48. The van der Waals surface area contributed by atoms with Crippen LogP contribution in [0.2, 0.25) is 0 Å². The summed E-state index contributed by atoms with van der Waals surface area (Å²) in [7, 11) is 0. The van der Waals surface area contributed by atoms with Gasteiger partial charge in [-0.25, -0.2) is 0 Å². The molecule has 0 N–H and O–H groups in total. The molecule has 0 bridgehead atoms. The van der Waals surface area contributed by atoms with Crippen molar-refractivity contribution < 1.29 is 9.47 Å². The molecule has 1 aliphatic rings. The lowest BCUT2D eigenvalue weighted by atomic mass is 9.80. The number of halogens is 2. The number of hydrogen-bond donors (Lipinski definition) is 0. The van der Waals surface area contributed by atoms with Gasteiger partial charge in [0.15, 0.2) is 0 Å². The number of hydrogen-bond acceptors (Lipinski definition) is 2. The van der Waals surface area contributed by atoms with Crippen LogP contribution in [0.1, 0.15) is 25.7 Å². The van der Waals surface area contributed by atoms with Crippen molar-refractivity contribution in [1.29, 1.82) is 0 Å². The van der Waals surface area contributed by atoms with Crippen LogP contribution < -0.4 is 9.47 Å². The van der Waals surface area contributed by atoms with Gasteiger partial charge in [-0.05, 0) is 80.8 Å². The highest BCUT2D eigenvalue weighted by atomic mass is 79.9. The van der Waals surface area contributed by atoms with Gasteiger partial charge in [-0.2, -0.15) is 0 Å². The molecule has 128 valence electrons. The maximum absolute atomic E-state index is 6.07. The molecular weight excluding hydrogens is 432 g/mol. The van der Waals surface area contributed by atoms with Crippen molar-refractivity contribution in [2.24, 2.45) is 11.8 Å². The third-order valence-corrected chi connectivity index (χ3v) is 5.96. The fourth-order valence-electron chi connectivity index (χ4n) is 3.24. The van der Waals surface area contributed by atoms with Gasteiger partial charge in [0.2, 0.25) is 0 Å². The highest BCUT2D eigenvalue weighted by Crippen LogP contribution is 2.33. The van der Waals surface area contributed by atoms with Crippen LogP contribution in [-0.2, 0) is 0 Å². The van der Waals surface area contributed by atoms with E-state index >= 15 is 0 Å². The number of benzene rings is 2. The molecule has 0 saturated heterocycles. The van der Waals surface area contributed by atoms with Crippen molar-refractivity contribution in [3.63, 3.8) is 0 Å². The zero-order valence-electron chi connectivity index (χ0n) is 13.6. The first-order valence-electron chi connectivity index (χ1n) is 8.48. The Morgan fingerprint density at radius 1 is 0.708 bits per heavy atom. The lowest BCUT2D eigenvalue weighted by Crippen LogP contribution is -2.29. The van der Waals surface area contributed by atoms with Gasteiger partial charge in [0.1, 0.15) is 11.5 Å². The van der Waals surface area contributed by atoms with Crippen LogP contribution >= 0.6 is 31.9 Å². The molecule has 2 aromatic carbocycles. The Labute approximate surface area is 160 Å². The molecule has 4 heteroatoms. The molecular formula is C20H22Br2O2. The number of para-hydroxylation sites is 2. The summed E-state index contributed by atoms with van der Waals surface area (Å²) in [5.74, 6) is 2.95. The molecule has 0 aliphatic heterocycles. The molecule has 2 aromatic rings. The highest BCUT2D eigenvalue weighted by Gasteiger charge is 2.26. The Kier molecular flexibility index (Phi) is 6.61. The quantitative estimate of drug-likeness (QED) is 0.498. The first-order valence-corrected chi connectivity index (χ1v) is 10.1. The minimum atomic E-state index is 0.549. The zero-order valence-corrected chi connectivity index (χ0v) is 16.8. The first kappa shape index (κ1) is 17.8. The van der Waals surface area contributed by atoms with E-state index in [1.807, 2.05) is 48.5 Å². The normalized spacial score (nSPS) is 20.6. The summed E-state index contributed by atoms with van der Waals surface area (Å²) in [4.78, 5) is 0. The fraction of sp³-hybridized carbons (Fsp3) is 0.400. The van der Waals surface area contributed by atoms with Gasteiger partial charge >= 0.3 is 0 Å². The molecule has 1 fully saturated rings. The second-order valence-electron chi connectivity index (χ2n) is 6.29. The Morgan fingerprint density at radius 3 is 1.54 bits per heavy atom. The summed E-state index contributed by atoms with van der Waals surface area (Å²) in [6.07, 6.45) is 5.01. The van der Waals surface area contributed by atoms with Gasteiger partial charge in [0, 0.05) is 0 Å². The average Bonchev–Trinajstić information content (AvgIpc) is 2.61. The second-order valence-corrected chi connectivity index (χ2v) is 8.00. The summed E-state index contributed by atoms with van der Waals surface area (Å²) in [6, 6.07) is 16.1. The van der Waals surface area contributed by atoms with E-state index in [-0.39, 0.29) is 0 Å². The average molecular weight is 454 g/mol. The van der Waals surface area contributed by atoms with Gasteiger partial charge in [0.05, 0.1) is 22.2 Å². The SMILES string of the molecule is Brc1ccccc1OC[C@H]1CCCC[C@@H]1COc1ccccc1Br. The van der Waals surface area contributed by atoms with Crippen molar-refractivity contribution in [1.82, 2.24) is 0 Å². The number of rotatable bonds is 6. The molecule has 0 spiro atoms. The maximum Gasteiger partial charge on any atom is 0.133 e. The summed E-state index contributed by atoms with van der Waals surface area (Å²) >= 11 is 7.10. The summed E-state index contributed by atoms with van der Waals surface area (Å²) in [5.41, 5.74) is 0. The topological polar surface area (TPSA) is 18.5 Å². The lowest BCUT2D eigenvalue weighted by molar-refractivity contribution is 0.104. The van der Waals surface area contributed by atoms with Crippen LogP contribution in [-0.4, -0.2) is 13.2 Å². The largest absolute Gasteiger partial charge is 0.492 e. The smallest absolute Gasteiger partial charge is 0.133 e. The lowest BCUT2D eigenvalue weighted by Gasteiger charge is -2.31. The first-order chi connectivity index (χ1) is 11.7. The molecule has 0 aromatic heterocycles. The molecule has 2 nitrogen and oxygen atoms in total. The van der Waals surface area contributed by atoms with E-state index in [1.165, 1.54) is 25.7 Å². The summed E-state index contributed by atoms with van der Waals surface area (Å²) in [5, 5.41) is 0. The van der Waals surface area contributed by atoms with E-state index in [4.69, 9.17) is 9.47 Å². The van der Waals surface area contributed by atoms with E-state index in [0.29, 0.717) is 11.8 Å². The van der Waals surface area contributed by atoms with Gasteiger partial charge in [-0.1, -0.05) is 37.1 Å². The van der Waals surface area contributed by atoms with Crippen molar-refractivity contribution >= 4 is 31.9 Å². The fourth-order valence-corrected chi connectivity index (χ4v) is 4.04. The summed E-state index contributed by atoms with van der Waals surface area (Å²) < 4.78 is 14.2. The molecule has 0 radical (unpaired) electrons. The molecule has 0 heterocycles.